The van der Waals surface area contributed by atoms with E-state index in [9.17, 15) is 9.59 Å². The maximum Gasteiger partial charge on any atom is 0.315 e. The number of likely N-dealkylation sites (N-methyl/N-ethyl adjacent to an activating group) is 1. The van der Waals surface area contributed by atoms with Gasteiger partial charge in [0.2, 0.25) is 0 Å². The molecular formula is C15H27N3O3. The fraction of sp³-hybridized carbons (Fsp3) is 0.867. The lowest BCUT2D eigenvalue weighted by Crippen LogP contribution is -2.54. The van der Waals surface area contributed by atoms with Crippen LogP contribution < -0.4 is 10.6 Å². The fourth-order valence-corrected chi connectivity index (χ4v) is 3.58. The first-order valence-electron chi connectivity index (χ1n) is 7.99. The molecule has 21 heavy (non-hydrogen) atoms. The van der Waals surface area contributed by atoms with Crippen LogP contribution in [0.1, 0.15) is 51.4 Å². The molecule has 6 heteroatoms. The summed E-state index contributed by atoms with van der Waals surface area (Å²) in [6, 6.07) is 0.167. The molecule has 2 aliphatic rings. The summed E-state index contributed by atoms with van der Waals surface area (Å²) in [5, 5.41) is 14.9. The van der Waals surface area contributed by atoms with Crippen molar-refractivity contribution in [3.8, 4) is 0 Å². The van der Waals surface area contributed by atoms with Crippen molar-refractivity contribution in [2.24, 2.45) is 0 Å². The van der Waals surface area contributed by atoms with Gasteiger partial charge in [-0.1, -0.05) is 19.3 Å². The van der Waals surface area contributed by atoms with Gasteiger partial charge >= 0.3 is 12.0 Å². The summed E-state index contributed by atoms with van der Waals surface area (Å²) < 4.78 is 0. The Labute approximate surface area is 126 Å². The van der Waals surface area contributed by atoms with E-state index in [2.05, 4.69) is 22.6 Å². The van der Waals surface area contributed by atoms with Gasteiger partial charge in [0.25, 0.3) is 0 Å². The highest BCUT2D eigenvalue weighted by atomic mass is 16.4. The van der Waals surface area contributed by atoms with Crippen LogP contribution in [0.4, 0.5) is 4.79 Å². The molecule has 1 aliphatic carbocycles. The lowest BCUT2D eigenvalue weighted by Gasteiger charge is -2.33. The molecule has 6 nitrogen and oxygen atoms in total. The molecule has 120 valence electrons. The molecular weight excluding hydrogens is 270 g/mol. The Morgan fingerprint density at radius 3 is 2.57 bits per heavy atom. The van der Waals surface area contributed by atoms with E-state index in [1.165, 1.54) is 12.8 Å². The molecule has 2 amide bonds. The zero-order valence-corrected chi connectivity index (χ0v) is 12.9. The molecule has 0 bridgehead atoms. The van der Waals surface area contributed by atoms with Gasteiger partial charge in [-0.3, -0.25) is 4.79 Å². The molecule has 0 spiro atoms. The van der Waals surface area contributed by atoms with Crippen molar-refractivity contribution in [1.29, 1.82) is 0 Å². The van der Waals surface area contributed by atoms with E-state index >= 15 is 0 Å². The van der Waals surface area contributed by atoms with Gasteiger partial charge < -0.3 is 20.6 Å². The topological polar surface area (TPSA) is 81.7 Å². The van der Waals surface area contributed by atoms with E-state index in [0.717, 1.165) is 38.6 Å². The summed E-state index contributed by atoms with van der Waals surface area (Å²) in [6.07, 6.45) is 7.05. The summed E-state index contributed by atoms with van der Waals surface area (Å²) in [5.74, 6) is -0.843. The maximum atomic E-state index is 12.1. The number of rotatable bonds is 5. The number of hydrogen-bond acceptors (Lipinski definition) is 3. The normalized spacial score (nSPS) is 25.5. The third kappa shape index (κ3) is 4.59. The number of carboxylic acid groups (broad SMARTS) is 1. The van der Waals surface area contributed by atoms with Crippen molar-refractivity contribution in [1.82, 2.24) is 15.5 Å². The number of carbonyl (C=O) groups is 2. The zero-order valence-electron chi connectivity index (χ0n) is 12.9. The number of likely N-dealkylation sites (tertiary alicyclic amines) is 1. The number of nitrogens with one attached hydrogen (secondary N) is 2. The fourth-order valence-electron chi connectivity index (χ4n) is 3.58. The number of hydrogen-bond donors (Lipinski definition) is 3. The number of carboxylic acids is 1. The van der Waals surface area contributed by atoms with Gasteiger partial charge in [-0.25, -0.2) is 4.79 Å². The largest absolute Gasteiger partial charge is 0.481 e. The number of carbonyl (C=O) groups excluding carboxylic acids is 1. The first kappa shape index (κ1) is 16.1. The van der Waals surface area contributed by atoms with E-state index in [-0.39, 0.29) is 12.5 Å². The highest BCUT2D eigenvalue weighted by Crippen LogP contribution is 2.32. The second kappa shape index (κ2) is 7.11. The Balaban J connectivity index is 1.80. The van der Waals surface area contributed by atoms with Crippen molar-refractivity contribution >= 4 is 12.0 Å². The Hall–Kier alpha value is -1.30. The van der Waals surface area contributed by atoms with Gasteiger partial charge in [-0.15, -0.1) is 0 Å². The van der Waals surface area contributed by atoms with Crippen LogP contribution in [-0.2, 0) is 4.79 Å². The summed E-state index contributed by atoms with van der Waals surface area (Å²) in [4.78, 5) is 25.4. The summed E-state index contributed by atoms with van der Waals surface area (Å²) in [5.41, 5.74) is -0.547. The second-order valence-electron chi connectivity index (χ2n) is 6.52. The molecule has 1 aliphatic heterocycles. The van der Waals surface area contributed by atoms with Crippen molar-refractivity contribution in [2.75, 3.05) is 20.1 Å². The molecule has 1 atom stereocenters. The van der Waals surface area contributed by atoms with Crippen LogP contribution in [0, 0.1) is 0 Å². The van der Waals surface area contributed by atoms with E-state index < -0.39 is 11.5 Å². The van der Waals surface area contributed by atoms with Crippen LogP contribution in [-0.4, -0.2) is 53.7 Å². The minimum absolute atomic E-state index is 0.0176. The van der Waals surface area contributed by atoms with Crippen LogP contribution in [0.15, 0.2) is 0 Å². The van der Waals surface area contributed by atoms with Gasteiger partial charge in [0, 0.05) is 12.6 Å². The summed E-state index contributed by atoms with van der Waals surface area (Å²) in [6.45, 7) is 1.71. The SMILES string of the molecule is CN1CCCCC1CNC(=O)NC1(CC(=O)O)CCCC1. The second-order valence-corrected chi connectivity index (χ2v) is 6.52. The van der Waals surface area contributed by atoms with Gasteiger partial charge in [0.1, 0.15) is 0 Å². The van der Waals surface area contributed by atoms with E-state index in [0.29, 0.717) is 12.6 Å². The predicted molar refractivity (Wildman–Crippen MR) is 80.3 cm³/mol. The molecule has 0 aromatic rings. The van der Waals surface area contributed by atoms with Gasteiger partial charge in [-0.2, -0.15) is 0 Å². The Morgan fingerprint density at radius 1 is 1.24 bits per heavy atom. The molecule has 1 heterocycles. The van der Waals surface area contributed by atoms with Crippen molar-refractivity contribution < 1.29 is 14.7 Å². The minimum Gasteiger partial charge on any atom is -0.481 e. The third-order valence-electron chi connectivity index (χ3n) is 4.85. The average molecular weight is 297 g/mol. The van der Waals surface area contributed by atoms with Crippen LogP contribution in [0.5, 0.6) is 0 Å². The summed E-state index contributed by atoms with van der Waals surface area (Å²) in [7, 11) is 2.09. The van der Waals surface area contributed by atoms with Crippen molar-refractivity contribution in [3.05, 3.63) is 0 Å². The maximum absolute atomic E-state index is 12.1. The van der Waals surface area contributed by atoms with E-state index in [1.54, 1.807) is 0 Å². The number of urea groups is 1. The van der Waals surface area contributed by atoms with Crippen LogP contribution in [0.25, 0.3) is 0 Å². The molecule has 0 aromatic carbocycles. The van der Waals surface area contributed by atoms with Gasteiger partial charge in [0.05, 0.1) is 12.0 Å². The minimum atomic E-state index is -0.843. The standard InChI is InChI=1S/C15H27N3O3/c1-18-9-5-2-6-12(18)11-16-14(21)17-15(10-13(19)20)7-3-4-8-15/h12H,2-11H2,1H3,(H,19,20)(H2,16,17,21). The van der Waals surface area contributed by atoms with Crippen molar-refractivity contribution in [2.45, 2.75) is 62.9 Å². The average Bonchev–Trinajstić information content (AvgIpc) is 2.85. The molecule has 0 aromatic heterocycles. The van der Waals surface area contributed by atoms with Crippen LogP contribution >= 0.6 is 0 Å². The number of nitrogens with zero attached hydrogens (tertiary/aromatic N) is 1. The first-order chi connectivity index (χ1) is 10.0. The predicted octanol–water partition coefficient (Wildman–Crippen LogP) is 1.56. The van der Waals surface area contributed by atoms with Crippen LogP contribution in [0.2, 0.25) is 0 Å². The molecule has 1 unspecified atom stereocenters. The summed E-state index contributed by atoms with van der Waals surface area (Å²) >= 11 is 0. The van der Waals surface area contributed by atoms with Crippen LogP contribution in [0.3, 0.4) is 0 Å². The Morgan fingerprint density at radius 2 is 1.95 bits per heavy atom. The molecule has 2 rings (SSSR count). The molecule has 2 fully saturated rings. The zero-order chi connectivity index (χ0) is 15.3. The highest BCUT2D eigenvalue weighted by Gasteiger charge is 2.37. The number of piperidine rings is 1. The van der Waals surface area contributed by atoms with E-state index in [4.69, 9.17) is 5.11 Å². The Bertz CT molecular complexity index is 380. The lowest BCUT2D eigenvalue weighted by atomic mass is 9.93. The lowest BCUT2D eigenvalue weighted by molar-refractivity contribution is -0.138. The van der Waals surface area contributed by atoms with E-state index in [1.807, 2.05) is 0 Å². The molecule has 0 radical (unpaired) electrons. The van der Waals surface area contributed by atoms with Gasteiger partial charge in [-0.05, 0) is 39.3 Å². The third-order valence-corrected chi connectivity index (χ3v) is 4.85. The monoisotopic (exact) mass is 297 g/mol. The van der Waals surface area contributed by atoms with Gasteiger partial charge in [0.15, 0.2) is 0 Å². The number of aliphatic carboxylic acids is 1. The Kier molecular flexibility index (Phi) is 5.45. The molecule has 3 N–H and O–H groups in total. The molecule has 1 saturated heterocycles. The highest BCUT2D eigenvalue weighted by molar-refractivity contribution is 5.76. The number of amides is 2. The quantitative estimate of drug-likeness (QED) is 0.719. The van der Waals surface area contributed by atoms with Crippen molar-refractivity contribution in [3.63, 3.8) is 0 Å². The molecule has 1 saturated carbocycles. The smallest absolute Gasteiger partial charge is 0.315 e. The first-order valence-corrected chi connectivity index (χ1v) is 7.99.